The molecule has 2 aromatic rings. The number of nitrogens with one attached hydrogen (secondary N) is 2. The molecule has 7 nitrogen and oxygen atoms in total. The van der Waals surface area contributed by atoms with Gasteiger partial charge < -0.3 is 20.3 Å². The minimum absolute atomic E-state index is 0.254. The van der Waals surface area contributed by atoms with Gasteiger partial charge in [-0.15, -0.1) is 11.3 Å². The zero-order valence-corrected chi connectivity index (χ0v) is 17.1. The number of guanidine groups is 1. The van der Waals surface area contributed by atoms with Gasteiger partial charge in [0.15, 0.2) is 5.96 Å². The van der Waals surface area contributed by atoms with Crippen molar-refractivity contribution in [3.05, 3.63) is 40.0 Å². The number of ether oxygens (including phenoxy) is 1. The fourth-order valence-corrected chi connectivity index (χ4v) is 3.73. The predicted molar refractivity (Wildman–Crippen MR) is 111 cm³/mol. The maximum atomic E-state index is 5.59. The van der Waals surface area contributed by atoms with Crippen molar-refractivity contribution in [2.24, 2.45) is 4.99 Å². The summed E-state index contributed by atoms with van der Waals surface area (Å²) >= 11 is 1.74. The van der Waals surface area contributed by atoms with Crippen molar-refractivity contribution in [1.82, 2.24) is 20.6 Å². The SMILES string of the molecule is CN=C(NCCc1ncc(C)s1)NCc1ccc(N2CCOC(C)C2)nc1. The van der Waals surface area contributed by atoms with E-state index >= 15 is 0 Å². The number of thiazole rings is 1. The first kappa shape index (κ1) is 19.6. The molecule has 1 unspecified atom stereocenters. The van der Waals surface area contributed by atoms with E-state index in [1.165, 1.54) is 4.88 Å². The summed E-state index contributed by atoms with van der Waals surface area (Å²) in [7, 11) is 1.78. The number of anilines is 1. The molecule has 0 amide bonds. The van der Waals surface area contributed by atoms with Crippen LogP contribution in [0.5, 0.6) is 0 Å². The minimum Gasteiger partial charge on any atom is -0.375 e. The van der Waals surface area contributed by atoms with E-state index in [9.17, 15) is 0 Å². The van der Waals surface area contributed by atoms with Crippen molar-refractivity contribution >= 4 is 23.1 Å². The number of nitrogens with zero attached hydrogens (tertiary/aromatic N) is 4. The van der Waals surface area contributed by atoms with Crippen LogP contribution in [0.4, 0.5) is 5.82 Å². The maximum Gasteiger partial charge on any atom is 0.191 e. The number of hydrogen-bond acceptors (Lipinski definition) is 6. The van der Waals surface area contributed by atoms with Crippen LogP contribution in [-0.4, -0.2) is 55.3 Å². The average molecular weight is 389 g/mol. The third kappa shape index (κ3) is 5.90. The lowest BCUT2D eigenvalue weighted by Gasteiger charge is -2.32. The molecule has 1 atom stereocenters. The summed E-state index contributed by atoms with van der Waals surface area (Å²) in [6, 6.07) is 4.19. The van der Waals surface area contributed by atoms with Crippen molar-refractivity contribution in [2.45, 2.75) is 32.9 Å². The molecule has 3 heterocycles. The van der Waals surface area contributed by atoms with Gasteiger partial charge in [0.25, 0.3) is 0 Å². The van der Waals surface area contributed by atoms with Gasteiger partial charge in [-0.2, -0.15) is 0 Å². The van der Waals surface area contributed by atoms with Crippen LogP contribution in [0.1, 0.15) is 22.4 Å². The largest absolute Gasteiger partial charge is 0.375 e. The second-order valence-electron chi connectivity index (χ2n) is 6.62. The summed E-state index contributed by atoms with van der Waals surface area (Å²) in [6.45, 7) is 8.20. The molecule has 0 saturated carbocycles. The third-order valence-corrected chi connectivity index (χ3v) is 5.33. The van der Waals surface area contributed by atoms with E-state index in [0.717, 1.165) is 55.0 Å². The second kappa shape index (κ2) is 9.66. The monoisotopic (exact) mass is 388 g/mol. The topological polar surface area (TPSA) is 74.7 Å². The molecule has 1 aliphatic rings. The molecule has 1 aliphatic heterocycles. The van der Waals surface area contributed by atoms with Gasteiger partial charge in [0.2, 0.25) is 0 Å². The van der Waals surface area contributed by atoms with Crippen LogP contribution in [0.3, 0.4) is 0 Å². The van der Waals surface area contributed by atoms with E-state index in [1.54, 1.807) is 18.4 Å². The number of aliphatic imine (C=N–C) groups is 1. The van der Waals surface area contributed by atoms with Crippen molar-refractivity contribution in [2.75, 3.05) is 38.2 Å². The molecule has 2 aromatic heterocycles. The van der Waals surface area contributed by atoms with Crippen LogP contribution in [0.25, 0.3) is 0 Å². The highest BCUT2D eigenvalue weighted by Gasteiger charge is 2.17. The Labute approximate surface area is 164 Å². The molecule has 0 bridgehead atoms. The Morgan fingerprint density at radius 1 is 1.33 bits per heavy atom. The van der Waals surface area contributed by atoms with Crippen LogP contribution < -0.4 is 15.5 Å². The van der Waals surface area contributed by atoms with E-state index in [1.807, 2.05) is 12.4 Å². The Hall–Kier alpha value is -2.19. The zero-order valence-electron chi connectivity index (χ0n) is 16.2. The van der Waals surface area contributed by atoms with E-state index in [0.29, 0.717) is 6.54 Å². The summed E-state index contributed by atoms with van der Waals surface area (Å²) in [6.07, 6.45) is 4.99. The van der Waals surface area contributed by atoms with Gasteiger partial charge in [-0.05, 0) is 25.5 Å². The number of rotatable bonds is 6. The fraction of sp³-hybridized carbons (Fsp3) is 0.526. The quantitative estimate of drug-likeness (QED) is 0.582. The second-order valence-corrected chi connectivity index (χ2v) is 7.94. The van der Waals surface area contributed by atoms with Crippen LogP contribution in [0.15, 0.2) is 29.5 Å². The fourth-order valence-electron chi connectivity index (χ4n) is 2.95. The molecular formula is C19H28N6OS. The Morgan fingerprint density at radius 2 is 2.22 bits per heavy atom. The number of aromatic nitrogens is 2. The molecule has 1 fully saturated rings. The standard InChI is InChI=1S/C19H28N6OS/c1-14-13-25(8-9-26-14)17-5-4-16(11-22-17)12-24-19(20-3)21-7-6-18-23-10-15(2)27-18/h4-5,10-11,14H,6-9,12-13H2,1-3H3,(H2,20,21,24). The lowest BCUT2D eigenvalue weighted by molar-refractivity contribution is 0.0529. The third-order valence-electron chi connectivity index (χ3n) is 4.36. The molecule has 27 heavy (non-hydrogen) atoms. The first-order valence-corrected chi connectivity index (χ1v) is 10.1. The molecule has 146 valence electrons. The molecule has 8 heteroatoms. The van der Waals surface area contributed by atoms with Gasteiger partial charge in [-0.25, -0.2) is 9.97 Å². The lowest BCUT2D eigenvalue weighted by Crippen LogP contribution is -2.41. The van der Waals surface area contributed by atoms with E-state index in [-0.39, 0.29) is 6.10 Å². The number of aryl methyl sites for hydroxylation is 1. The Balaban J connectivity index is 1.43. The maximum absolute atomic E-state index is 5.59. The van der Waals surface area contributed by atoms with Gasteiger partial charge >= 0.3 is 0 Å². The molecule has 3 rings (SSSR count). The van der Waals surface area contributed by atoms with Gasteiger partial charge in [-0.3, -0.25) is 4.99 Å². The Bertz CT molecular complexity index is 745. The molecule has 0 spiro atoms. The van der Waals surface area contributed by atoms with Crippen LogP contribution >= 0.6 is 11.3 Å². The van der Waals surface area contributed by atoms with Crippen LogP contribution in [0, 0.1) is 6.92 Å². The highest BCUT2D eigenvalue weighted by Crippen LogP contribution is 2.15. The first-order chi connectivity index (χ1) is 13.1. The molecule has 0 aliphatic carbocycles. The van der Waals surface area contributed by atoms with Gasteiger partial charge in [0.1, 0.15) is 5.82 Å². The van der Waals surface area contributed by atoms with Crippen molar-refractivity contribution < 1.29 is 4.74 Å². The highest BCUT2D eigenvalue weighted by atomic mass is 32.1. The van der Waals surface area contributed by atoms with Gasteiger partial charge in [-0.1, -0.05) is 6.07 Å². The molecular weight excluding hydrogens is 360 g/mol. The number of morpholine rings is 1. The summed E-state index contributed by atoms with van der Waals surface area (Å²) in [5.41, 5.74) is 1.12. The number of hydrogen-bond donors (Lipinski definition) is 2. The molecule has 2 N–H and O–H groups in total. The zero-order chi connectivity index (χ0) is 19.1. The summed E-state index contributed by atoms with van der Waals surface area (Å²) in [5.74, 6) is 1.80. The van der Waals surface area contributed by atoms with E-state index in [2.05, 4.69) is 56.5 Å². The molecule has 0 aromatic carbocycles. The van der Waals surface area contributed by atoms with Crippen molar-refractivity contribution in [1.29, 1.82) is 0 Å². The smallest absolute Gasteiger partial charge is 0.191 e. The first-order valence-electron chi connectivity index (χ1n) is 9.31. The average Bonchev–Trinajstić information content (AvgIpc) is 3.10. The summed E-state index contributed by atoms with van der Waals surface area (Å²) < 4.78 is 5.59. The Kier molecular flexibility index (Phi) is 7.00. The molecule has 0 radical (unpaired) electrons. The van der Waals surface area contributed by atoms with Crippen molar-refractivity contribution in [3.63, 3.8) is 0 Å². The van der Waals surface area contributed by atoms with Gasteiger partial charge in [0, 0.05) is 56.9 Å². The molecule has 1 saturated heterocycles. The highest BCUT2D eigenvalue weighted by molar-refractivity contribution is 7.11. The lowest BCUT2D eigenvalue weighted by atomic mass is 10.2. The summed E-state index contributed by atoms with van der Waals surface area (Å²) in [4.78, 5) is 16.8. The van der Waals surface area contributed by atoms with Gasteiger partial charge in [0.05, 0.1) is 17.7 Å². The van der Waals surface area contributed by atoms with Crippen LogP contribution in [0.2, 0.25) is 0 Å². The summed E-state index contributed by atoms with van der Waals surface area (Å²) in [5, 5.41) is 7.81. The normalized spacial score (nSPS) is 17.8. The van der Waals surface area contributed by atoms with Crippen molar-refractivity contribution in [3.8, 4) is 0 Å². The number of pyridine rings is 1. The van der Waals surface area contributed by atoms with E-state index < -0.39 is 0 Å². The van der Waals surface area contributed by atoms with E-state index in [4.69, 9.17) is 4.74 Å². The minimum atomic E-state index is 0.254. The predicted octanol–water partition coefficient (Wildman–Crippen LogP) is 1.98. The van der Waals surface area contributed by atoms with Crippen LogP contribution in [-0.2, 0) is 17.7 Å². The Morgan fingerprint density at radius 3 is 2.89 bits per heavy atom.